The van der Waals surface area contributed by atoms with E-state index in [9.17, 15) is 9.59 Å². The van der Waals surface area contributed by atoms with Crippen molar-refractivity contribution >= 4 is 51.7 Å². The molecule has 0 aliphatic carbocycles. The molecule has 6 nitrogen and oxygen atoms in total. The van der Waals surface area contributed by atoms with E-state index in [1.807, 2.05) is 66.0 Å². The van der Waals surface area contributed by atoms with Crippen molar-refractivity contribution in [3.8, 4) is 11.1 Å². The molecule has 0 fully saturated rings. The number of fused-ring (bicyclic) bond motifs is 1. The van der Waals surface area contributed by atoms with Crippen molar-refractivity contribution in [2.75, 3.05) is 5.32 Å². The number of pyridine rings is 1. The van der Waals surface area contributed by atoms with E-state index in [2.05, 4.69) is 26.7 Å². The third-order valence-electron chi connectivity index (χ3n) is 5.66. The number of nitrogens with one attached hydrogen (secondary N) is 2. The van der Waals surface area contributed by atoms with Crippen LogP contribution in [-0.4, -0.2) is 21.8 Å². The number of hydrogen-bond acceptors (Lipinski definition) is 4. The molecule has 4 N–H and O–H groups in total. The number of rotatable bonds is 7. The van der Waals surface area contributed by atoms with Gasteiger partial charge in [0.2, 0.25) is 11.8 Å². The molecule has 0 aliphatic heterocycles. The second kappa shape index (κ2) is 9.79. The Morgan fingerprint density at radius 2 is 1.77 bits per heavy atom. The smallest absolute Gasteiger partial charge is 0.249 e. The van der Waals surface area contributed by atoms with Crippen LogP contribution >= 0.6 is 11.3 Å². The predicted molar refractivity (Wildman–Crippen MR) is 142 cm³/mol. The zero-order valence-corrected chi connectivity index (χ0v) is 19.5. The number of nitrogens with two attached hydrogens (primary N) is 1. The maximum Gasteiger partial charge on any atom is 0.249 e. The fourth-order valence-corrected chi connectivity index (χ4v) is 4.57. The Balaban J connectivity index is 1.31. The predicted octanol–water partition coefficient (Wildman–Crippen LogP) is 5.50. The molecular weight excluding hydrogens is 456 g/mol. The summed E-state index contributed by atoms with van der Waals surface area (Å²) in [6, 6.07) is 23.0. The Hall–Kier alpha value is -4.49. The summed E-state index contributed by atoms with van der Waals surface area (Å²) in [5.41, 5.74) is 11.4. The molecule has 172 valence electrons. The molecule has 7 heteroatoms. The van der Waals surface area contributed by atoms with Crippen LogP contribution in [0.1, 0.15) is 16.7 Å². The van der Waals surface area contributed by atoms with E-state index >= 15 is 0 Å². The summed E-state index contributed by atoms with van der Waals surface area (Å²) < 4.78 is 0. The van der Waals surface area contributed by atoms with E-state index in [0.717, 1.165) is 27.6 Å². The van der Waals surface area contributed by atoms with Gasteiger partial charge in [0, 0.05) is 22.7 Å². The molecule has 5 rings (SSSR count). The summed E-state index contributed by atoms with van der Waals surface area (Å²) in [5, 5.41) is 7.83. The van der Waals surface area contributed by atoms with E-state index in [4.69, 9.17) is 5.73 Å². The lowest BCUT2D eigenvalue weighted by molar-refractivity contribution is -0.115. The molecule has 0 bridgehead atoms. The highest BCUT2D eigenvalue weighted by atomic mass is 32.1. The third-order valence-corrected chi connectivity index (χ3v) is 6.34. The molecule has 0 saturated heterocycles. The molecule has 0 unspecified atom stereocenters. The molecule has 3 aromatic heterocycles. The average Bonchev–Trinajstić information content (AvgIpc) is 3.54. The number of carbonyl (C=O) groups excluding carboxylic acids is 2. The summed E-state index contributed by atoms with van der Waals surface area (Å²) in [4.78, 5) is 32.3. The first kappa shape index (κ1) is 22.3. The van der Waals surface area contributed by atoms with Gasteiger partial charge in [0.15, 0.2) is 0 Å². The van der Waals surface area contributed by atoms with Crippen molar-refractivity contribution in [2.24, 2.45) is 5.73 Å². The van der Waals surface area contributed by atoms with Crippen LogP contribution < -0.4 is 11.1 Å². The van der Waals surface area contributed by atoms with Gasteiger partial charge in [-0.2, -0.15) is 11.3 Å². The number of anilines is 1. The second-order valence-electron chi connectivity index (χ2n) is 8.06. The average molecular weight is 479 g/mol. The summed E-state index contributed by atoms with van der Waals surface area (Å²) in [7, 11) is 0. The highest BCUT2D eigenvalue weighted by molar-refractivity contribution is 7.08. The summed E-state index contributed by atoms with van der Waals surface area (Å²) in [6.07, 6.45) is 3.77. The van der Waals surface area contributed by atoms with Crippen molar-refractivity contribution < 1.29 is 9.59 Å². The van der Waals surface area contributed by atoms with Gasteiger partial charge in [0.25, 0.3) is 0 Å². The number of hydrogen-bond donors (Lipinski definition) is 3. The number of nitrogens with zero attached hydrogens (tertiary/aromatic N) is 1. The van der Waals surface area contributed by atoms with Crippen LogP contribution in [0.25, 0.3) is 33.8 Å². The molecule has 0 atom stereocenters. The normalized spacial score (nSPS) is 11.5. The molecule has 35 heavy (non-hydrogen) atoms. The first-order valence-corrected chi connectivity index (χ1v) is 12.0. The fourth-order valence-electron chi connectivity index (χ4n) is 3.90. The van der Waals surface area contributed by atoms with Crippen LogP contribution in [0.4, 0.5) is 5.82 Å². The van der Waals surface area contributed by atoms with Crippen molar-refractivity contribution in [3.63, 3.8) is 0 Å². The largest absolute Gasteiger partial charge is 0.366 e. The number of carbonyl (C=O) groups is 2. The lowest BCUT2D eigenvalue weighted by Gasteiger charge is -2.06. The monoisotopic (exact) mass is 478 g/mol. The number of benzene rings is 2. The lowest BCUT2D eigenvalue weighted by Crippen LogP contribution is -2.15. The van der Waals surface area contributed by atoms with Crippen LogP contribution in [0.2, 0.25) is 0 Å². The topological polar surface area (TPSA) is 101 Å². The molecule has 0 aliphatic rings. The van der Waals surface area contributed by atoms with Crippen molar-refractivity contribution in [2.45, 2.75) is 6.42 Å². The number of H-pyrrole nitrogens is 1. The standard InChI is InChI=1S/C28H22N4O2S/c29-27(34)24(20-4-2-1-3-5-20)15-22-16-30-28-23(22)10-11-25(32-28)31-26(33)14-18-6-8-19(9-7-18)21-12-13-35-17-21/h1-13,15-17H,14H2,(H2,29,34)(H2,30,31,32,33)/b24-15-. The van der Waals surface area contributed by atoms with Crippen molar-refractivity contribution in [1.82, 2.24) is 9.97 Å². The minimum atomic E-state index is -0.509. The zero-order chi connectivity index (χ0) is 24.2. The van der Waals surface area contributed by atoms with Gasteiger partial charge in [-0.05, 0) is 57.3 Å². The van der Waals surface area contributed by atoms with E-state index in [1.165, 1.54) is 5.56 Å². The van der Waals surface area contributed by atoms with Crippen molar-refractivity contribution in [3.05, 3.63) is 106 Å². The second-order valence-corrected chi connectivity index (χ2v) is 8.84. The number of thiophene rings is 1. The minimum absolute atomic E-state index is 0.146. The van der Waals surface area contributed by atoms with Crippen LogP contribution in [0.5, 0.6) is 0 Å². The lowest BCUT2D eigenvalue weighted by atomic mass is 10.0. The maximum absolute atomic E-state index is 12.6. The van der Waals surface area contributed by atoms with E-state index < -0.39 is 5.91 Å². The number of primary amides is 1. The molecule has 2 aromatic carbocycles. The molecule has 3 heterocycles. The van der Waals surface area contributed by atoms with Gasteiger partial charge in [-0.3, -0.25) is 9.59 Å². The first-order chi connectivity index (χ1) is 17.1. The molecule has 5 aromatic rings. The maximum atomic E-state index is 12.6. The minimum Gasteiger partial charge on any atom is -0.366 e. The van der Waals surface area contributed by atoms with E-state index in [1.54, 1.807) is 29.7 Å². The molecular formula is C28H22N4O2S. The highest BCUT2D eigenvalue weighted by Crippen LogP contribution is 2.25. The summed E-state index contributed by atoms with van der Waals surface area (Å²) in [5.74, 6) is -0.203. The van der Waals surface area contributed by atoms with Gasteiger partial charge in [-0.1, -0.05) is 54.6 Å². The van der Waals surface area contributed by atoms with Crippen LogP contribution in [0.15, 0.2) is 89.8 Å². The Kier molecular flexibility index (Phi) is 6.24. The Morgan fingerprint density at radius 3 is 2.49 bits per heavy atom. The first-order valence-electron chi connectivity index (χ1n) is 11.0. The van der Waals surface area contributed by atoms with E-state index in [-0.39, 0.29) is 12.3 Å². The Morgan fingerprint density at radius 1 is 0.971 bits per heavy atom. The number of amides is 2. The SMILES string of the molecule is NC(=O)/C(=C\c1c[nH]c2nc(NC(=O)Cc3ccc(-c4ccsc4)cc3)ccc12)c1ccccc1. The van der Waals surface area contributed by atoms with Gasteiger partial charge in [0.1, 0.15) is 11.5 Å². The fraction of sp³-hybridized carbons (Fsp3) is 0.0357. The van der Waals surface area contributed by atoms with Crippen LogP contribution in [-0.2, 0) is 16.0 Å². The van der Waals surface area contributed by atoms with Gasteiger partial charge < -0.3 is 16.0 Å². The van der Waals surface area contributed by atoms with Gasteiger partial charge in [-0.15, -0.1) is 0 Å². The van der Waals surface area contributed by atoms with Crippen molar-refractivity contribution in [1.29, 1.82) is 0 Å². The Labute approximate surface area is 206 Å². The summed E-state index contributed by atoms with van der Waals surface area (Å²) >= 11 is 1.66. The third kappa shape index (κ3) is 5.05. The van der Waals surface area contributed by atoms with Crippen LogP contribution in [0.3, 0.4) is 0 Å². The summed E-state index contributed by atoms with van der Waals surface area (Å²) in [6.45, 7) is 0. The molecule has 2 amide bonds. The highest BCUT2D eigenvalue weighted by Gasteiger charge is 2.12. The Bertz CT molecular complexity index is 1520. The van der Waals surface area contributed by atoms with Gasteiger partial charge in [0.05, 0.1) is 6.42 Å². The molecule has 0 saturated carbocycles. The number of aromatic amines is 1. The zero-order valence-electron chi connectivity index (χ0n) is 18.7. The molecule has 0 radical (unpaired) electrons. The van der Waals surface area contributed by atoms with E-state index in [0.29, 0.717) is 17.0 Å². The quantitative estimate of drug-likeness (QED) is 0.269. The van der Waals surface area contributed by atoms with Gasteiger partial charge >= 0.3 is 0 Å². The number of aromatic nitrogens is 2. The van der Waals surface area contributed by atoms with Crippen LogP contribution in [0, 0.1) is 0 Å². The van der Waals surface area contributed by atoms with Gasteiger partial charge in [-0.25, -0.2) is 4.98 Å². The molecule has 0 spiro atoms.